The predicted molar refractivity (Wildman–Crippen MR) is 157 cm³/mol. The smallest absolute Gasteiger partial charge is 0.353 e. The highest BCUT2D eigenvalue weighted by Gasteiger charge is 2.74. The highest BCUT2D eigenvalue weighted by atomic mass is 19.4. The average Bonchev–Trinajstić information content (AvgIpc) is 3.75. The zero-order valence-electron chi connectivity index (χ0n) is 24.1. The molecule has 0 saturated carbocycles. The molecule has 7 nitrogen and oxygen atoms in total. The second-order valence-electron chi connectivity index (χ2n) is 11.6. The first-order valence-electron chi connectivity index (χ1n) is 14.7. The maximum atomic E-state index is 15.1. The lowest BCUT2D eigenvalue weighted by Gasteiger charge is -2.40. The van der Waals surface area contributed by atoms with Gasteiger partial charge in [0.25, 0.3) is 5.60 Å². The number of anilines is 3. The Labute approximate surface area is 250 Å². The minimum atomic E-state index is -5.83. The first-order valence-corrected chi connectivity index (χ1v) is 14.7. The molecule has 0 bridgehead atoms. The molecule has 3 aliphatic heterocycles. The second kappa shape index (κ2) is 11.8. The Bertz CT molecular complexity index is 1530. The van der Waals surface area contributed by atoms with Gasteiger partial charge in [-0.1, -0.05) is 24.3 Å². The van der Waals surface area contributed by atoms with Gasteiger partial charge in [0.2, 0.25) is 0 Å². The van der Waals surface area contributed by atoms with Crippen molar-refractivity contribution in [3.63, 3.8) is 0 Å². The van der Waals surface area contributed by atoms with Gasteiger partial charge in [-0.05, 0) is 75.7 Å². The van der Waals surface area contributed by atoms with Crippen molar-refractivity contribution in [1.82, 2.24) is 20.4 Å². The molecular weight excluding hydrogens is 586 g/mol. The number of likely N-dealkylation sites (N-methyl/N-ethyl adjacent to an activating group) is 1. The Morgan fingerprint density at radius 3 is 2.57 bits per heavy atom. The van der Waals surface area contributed by atoms with Gasteiger partial charge < -0.3 is 20.3 Å². The van der Waals surface area contributed by atoms with Crippen LogP contribution in [-0.2, 0) is 10.3 Å². The maximum absolute atomic E-state index is 15.1. The van der Waals surface area contributed by atoms with Crippen LogP contribution in [-0.4, -0.2) is 72.8 Å². The van der Waals surface area contributed by atoms with Gasteiger partial charge in [-0.15, -0.1) is 0 Å². The fraction of sp³-hybridized carbons (Fsp3) is 0.452. The van der Waals surface area contributed by atoms with E-state index in [1.54, 1.807) is 29.3 Å². The van der Waals surface area contributed by atoms with E-state index in [9.17, 15) is 0 Å². The van der Waals surface area contributed by atoms with Crippen molar-refractivity contribution in [2.45, 2.75) is 55.7 Å². The Hall–Kier alpha value is -3.55. The van der Waals surface area contributed by atoms with Gasteiger partial charge in [0.05, 0.1) is 29.7 Å². The normalized spacial score (nSPS) is 21.8. The first kappa shape index (κ1) is 30.5. The summed E-state index contributed by atoms with van der Waals surface area (Å²) >= 11 is 0. The van der Waals surface area contributed by atoms with Crippen LogP contribution in [0.1, 0.15) is 31.2 Å². The predicted octanol–water partition coefficient (Wildman–Crippen LogP) is 6.75. The molecule has 0 aliphatic carbocycles. The van der Waals surface area contributed by atoms with E-state index < -0.39 is 36.2 Å². The van der Waals surface area contributed by atoms with Gasteiger partial charge in [0.1, 0.15) is 0 Å². The van der Waals surface area contributed by atoms with E-state index in [4.69, 9.17) is 4.74 Å². The molecule has 0 radical (unpaired) electrons. The molecule has 0 spiro atoms. The standard InChI is InChI=1S/C31H34F6N6O/c1-42-14-5-10-26(42)21-6-4-15-43(18-21)27-9-2-8-24(28(27)40-22-12-11-20-17-39-41-25(20)16-22)29(30(32,33)34,31(35,36)37)44-19-23-7-3-13-38-23/h2,4,6,8-9,11-12,16-18,23,26,38,40H,3,5,7,10,13-15,19H2,1H3,(H,39,41). The summed E-state index contributed by atoms with van der Waals surface area (Å²) in [6, 6.07) is 7.97. The summed E-state index contributed by atoms with van der Waals surface area (Å²) in [7, 11) is 2.00. The van der Waals surface area contributed by atoms with E-state index in [0.29, 0.717) is 30.6 Å². The molecule has 2 saturated heterocycles. The van der Waals surface area contributed by atoms with E-state index in [1.807, 2.05) is 25.4 Å². The summed E-state index contributed by atoms with van der Waals surface area (Å²) in [6.45, 7) is 0.911. The Morgan fingerprint density at radius 1 is 1.05 bits per heavy atom. The van der Waals surface area contributed by atoms with Crippen molar-refractivity contribution < 1.29 is 31.1 Å². The molecule has 2 atom stereocenters. The van der Waals surface area contributed by atoms with Crippen LogP contribution in [0.4, 0.5) is 43.4 Å². The number of aromatic amines is 1. The molecule has 236 valence electrons. The number of aromatic nitrogens is 2. The fourth-order valence-corrected chi connectivity index (χ4v) is 6.47. The van der Waals surface area contributed by atoms with E-state index in [1.165, 1.54) is 12.1 Å². The Balaban J connectivity index is 1.52. The molecule has 0 amide bonds. The van der Waals surface area contributed by atoms with Crippen molar-refractivity contribution >= 4 is 28.0 Å². The topological polar surface area (TPSA) is 68.5 Å². The van der Waals surface area contributed by atoms with Gasteiger partial charge in [0, 0.05) is 41.5 Å². The molecule has 3 aliphatic rings. The molecule has 2 fully saturated rings. The van der Waals surface area contributed by atoms with E-state index in [-0.39, 0.29) is 24.0 Å². The third-order valence-electron chi connectivity index (χ3n) is 8.73. The molecule has 2 unspecified atom stereocenters. The lowest BCUT2D eigenvalue weighted by molar-refractivity contribution is -0.390. The minimum Gasteiger partial charge on any atom is -0.353 e. The zero-order chi connectivity index (χ0) is 31.1. The molecule has 6 rings (SSSR count). The molecule has 13 heteroatoms. The highest BCUT2D eigenvalue weighted by Crippen LogP contribution is 2.56. The van der Waals surface area contributed by atoms with Crippen molar-refractivity contribution in [3.8, 4) is 0 Å². The fourth-order valence-electron chi connectivity index (χ4n) is 6.47. The van der Waals surface area contributed by atoms with Crippen molar-refractivity contribution in [3.05, 3.63) is 72.1 Å². The number of nitrogens with one attached hydrogen (secondary N) is 3. The minimum absolute atomic E-state index is 0.100. The number of rotatable bonds is 8. The molecule has 1 aromatic heterocycles. The lowest BCUT2D eigenvalue weighted by atomic mass is 9.88. The molecular formula is C31H34F6N6O. The van der Waals surface area contributed by atoms with Crippen molar-refractivity contribution in [2.75, 3.05) is 43.5 Å². The van der Waals surface area contributed by atoms with Crippen LogP contribution >= 0.6 is 0 Å². The third kappa shape index (κ3) is 5.56. The number of nitrogens with zero attached hydrogens (tertiary/aromatic N) is 3. The number of likely N-dealkylation sites (tertiary alicyclic amines) is 1. The summed E-state index contributed by atoms with van der Waals surface area (Å²) in [5.41, 5.74) is -4.03. The molecule has 3 aromatic rings. The van der Waals surface area contributed by atoms with Crippen molar-refractivity contribution in [2.24, 2.45) is 0 Å². The lowest BCUT2D eigenvalue weighted by Crippen LogP contribution is -2.57. The summed E-state index contributed by atoms with van der Waals surface area (Å²) in [6.07, 6.45) is -1.45. The maximum Gasteiger partial charge on any atom is 0.430 e. The van der Waals surface area contributed by atoms with Crippen LogP contribution in [0.25, 0.3) is 10.9 Å². The summed E-state index contributed by atoms with van der Waals surface area (Å²) in [5, 5.41) is 13.4. The largest absolute Gasteiger partial charge is 0.430 e. The monoisotopic (exact) mass is 620 g/mol. The number of alkyl halides is 6. The van der Waals surface area contributed by atoms with Crippen LogP contribution in [0, 0.1) is 0 Å². The second-order valence-corrected chi connectivity index (χ2v) is 11.6. The summed E-state index contributed by atoms with van der Waals surface area (Å²) in [4.78, 5) is 3.89. The highest BCUT2D eigenvalue weighted by molar-refractivity contribution is 5.86. The number of benzene rings is 2. The van der Waals surface area contributed by atoms with Crippen LogP contribution in [0.15, 0.2) is 66.5 Å². The van der Waals surface area contributed by atoms with E-state index >= 15 is 26.3 Å². The number of halogens is 6. The number of fused-ring (bicyclic) bond motifs is 1. The van der Waals surface area contributed by atoms with Gasteiger partial charge >= 0.3 is 12.4 Å². The van der Waals surface area contributed by atoms with Crippen LogP contribution in [0.2, 0.25) is 0 Å². The van der Waals surface area contributed by atoms with Crippen LogP contribution in [0.5, 0.6) is 0 Å². The number of para-hydroxylation sites is 1. The van der Waals surface area contributed by atoms with E-state index in [2.05, 4.69) is 25.7 Å². The zero-order valence-corrected chi connectivity index (χ0v) is 24.1. The summed E-state index contributed by atoms with van der Waals surface area (Å²) < 4.78 is 95.4. The Kier molecular flexibility index (Phi) is 8.14. The number of H-pyrrole nitrogens is 1. The van der Waals surface area contributed by atoms with Gasteiger partial charge in [-0.3, -0.25) is 10.00 Å². The Morgan fingerprint density at radius 2 is 1.86 bits per heavy atom. The SMILES string of the molecule is CN1CCCC1C1=CN(c2cccc(C(OCC3CCCN3)(C(F)(F)F)C(F)(F)F)c2Nc2ccc3cn[nH]c3c2)CC=C1. The summed E-state index contributed by atoms with van der Waals surface area (Å²) in [5.74, 6) is 0. The van der Waals surface area contributed by atoms with Gasteiger partial charge in [-0.25, -0.2) is 0 Å². The first-order chi connectivity index (χ1) is 21.0. The molecule has 4 heterocycles. The van der Waals surface area contributed by atoms with Crippen molar-refractivity contribution in [1.29, 1.82) is 0 Å². The van der Waals surface area contributed by atoms with Crippen LogP contribution in [0.3, 0.4) is 0 Å². The van der Waals surface area contributed by atoms with Gasteiger partial charge in [0.15, 0.2) is 0 Å². The van der Waals surface area contributed by atoms with Crippen LogP contribution < -0.4 is 15.5 Å². The quantitative estimate of drug-likeness (QED) is 0.242. The third-order valence-corrected chi connectivity index (χ3v) is 8.73. The number of ether oxygens (including phenoxy) is 1. The molecule has 44 heavy (non-hydrogen) atoms. The molecule has 3 N–H and O–H groups in total. The molecule has 2 aromatic carbocycles. The van der Waals surface area contributed by atoms with E-state index in [0.717, 1.165) is 36.4 Å². The number of hydrogen-bond donors (Lipinski definition) is 3. The number of hydrogen-bond acceptors (Lipinski definition) is 6. The average molecular weight is 621 g/mol. The van der Waals surface area contributed by atoms with Gasteiger partial charge in [-0.2, -0.15) is 31.4 Å².